The quantitative estimate of drug-likeness (QED) is 0.634. The SMILES string of the molecule is O=C(NC[C@H](O)Cn1ccccc1=O)c1ccc(=O)[nH]n1. The first kappa shape index (κ1) is 14.7. The molecule has 0 spiro atoms. The number of hydrogen-bond donors (Lipinski definition) is 3. The fourth-order valence-electron chi connectivity index (χ4n) is 1.68. The summed E-state index contributed by atoms with van der Waals surface area (Å²) in [7, 11) is 0. The number of carbonyl (C=O) groups excluding carboxylic acids is 1. The van der Waals surface area contributed by atoms with Gasteiger partial charge in [-0.2, -0.15) is 5.10 Å². The van der Waals surface area contributed by atoms with Crippen molar-refractivity contribution in [3.8, 4) is 0 Å². The number of nitrogens with zero attached hydrogens (tertiary/aromatic N) is 2. The zero-order valence-corrected chi connectivity index (χ0v) is 11.0. The number of carbonyl (C=O) groups is 1. The van der Waals surface area contributed by atoms with Crippen LogP contribution in [-0.2, 0) is 6.54 Å². The van der Waals surface area contributed by atoms with E-state index >= 15 is 0 Å². The van der Waals surface area contributed by atoms with E-state index in [1.807, 2.05) is 0 Å². The van der Waals surface area contributed by atoms with Crippen LogP contribution in [0, 0.1) is 0 Å². The number of rotatable bonds is 5. The number of H-pyrrole nitrogens is 1. The lowest BCUT2D eigenvalue weighted by Crippen LogP contribution is -2.36. The molecule has 0 aliphatic rings. The first-order valence-corrected chi connectivity index (χ1v) is 6.24. The summed E-state index contributed by atoms with van der Waals surface area (Å²) in [5, 5.41) is 18.0. The molecule has 0 saturated carbocycles. The van der Waals surface area contributed by atoms with Crippen molar-refractivity contribution >= 4 is 5.91 Å². The van der Waals surface area contributed by atoms with Crippen LogP contribution in [0.1, 0.15) is 10.5 Å². The fraction of sp³-hybridized carbons (Fsp3) is 0.231. The number of aliphatic hydroxyl groups is 1. The molecule has 2 rings (SSSR count). The van der Waals surface area contributed by atoms with Gasteiger partial charge in [-0.1, -0.05) is 6.07 Å². The highest BCUT2D eigenvalue weighted by Crippen LogP contribution is 1.92. The minimum Gasteiger partial charge on any atom is -0.389 e. The molecule has 8 nitrogen and oxygen atoms in total. The number of aromatic nitrogens is 3. The molecule has 3 N–H and O–H groups in total. The van der Waals surface area contributed by atoms with Crippen molar-refractivity contribution in [1.29, 1.82) is 0 Å². The first-order chi connectivity index (χ1) is 10.1. The Morgan fingerprint density at radius 3 is 2.81 bits per heavy atom. The molecule has 2 aromatic rings. The summed E-state index contributed by atoms with van der Waals surface area (Å²) in [4.78, 5) is 34.0. The van der Waals surface area contributed by atoms with E-state index in [1.54, 1.807) is 18.3 Å². The molecule has 2 aromatic heterocycles. The molecule has 0 saturated heterocycles. The van der Waals surface area contributed by atoms with Crippen molar-refractivity contribution in [1.82, 2.24) is 20.1 Å². The van der Waals surface area contributed by atoms with Crippen LogP contribution < -0.4 is 16.4 Å². The van der Waals surface area contributed by atoms with Gasteiger partial charge < -0.3 is 15.0 Å². The minimum atomic E-state index is -0.920. The van der Waals surface area contributed by atoms with Crippen LogP contribution in [0.25, 0.3) is 0 Å². The van der Waals surface area contributed by atoms with Gasteiger partial charge in [-0.3, -0.25) is 14.4 Å². The highest BCUT2D eigenvalue weighted by Gasteiger charge is 2.11. The zero-order chi connectivity index (χ0) is 15.2. The Labute approximate surface area is 119 Å². The smallest absolute Gasteiger partial charge is 0.271 e. The van der Waals surface area contributed by atoms with E-state index in [0.717, 1.165) is 0 Å². The molecular weight excluding hydrogens is 276 g/mol. The molecule has 0 unspecified atom stereocenters. The molecule has 0 aromatic carbocycles. The number of aromatic amines is 1. The van der Waals surface area contributed by atoms with E-state index in [1.165, 1.54) is 22.8 Å². The fourth-order valence-corrected chi connectivity index (χ4v) is 1.68. The van der Waals surface area contributed by atoms with Crippen LogP contribution in [0.15, 0.2) is 46.1 Å². The Balaban J connectivity index is 1.89. The van der Waals surface area contributed by atoms with Gasteiger partial charge in [-0.25, -0.2) is 5.10 Å². The van der Waals surface area contributed by atoms with E-state index in [9.17, 15) is 19.5 Å². The van der Waals surface area contributed by atoms with Crippen LogP contribution in [0.3, 0.4) is 0 Å². The summed E-state index contributed by atoms with van der Waals surface area (Å²) < 4.78 is 1.34. The standard InChI is InChI=1S/C13H14N4O4/c18-9(8-17-6-2-1-3-12(17)20)7-14-13(21)10-4-5-11(19)16-15-10/h1-6,9,18H,7-8H2,(H,14,21)(H,16,19)/t9-/m0/s1. The topological polar surface area (TPSA) is 117 Å². The predicted molar refractivity (Wildman–Crippen MR) is 73.9 cm³/mol. The number of amides is 1. The van der Waals surface area contributed by atoms with Crippen molar-refractivity contribution in [2.45, 2.75) is 12.6 Å². The third-order valence-electron chi connectivity index (χ3n) is 2.72. The van der Waals surface area contributed by atoms with Gasteiger partial charge >= 0.3 is 0 Å². The van der Waals surface area contributed by atoms with Crippen molar-refractivity contribution in [3.05, 3.63) is 62.9 Å². The first-order valence-electron chi connectivity index (χ1n) is 6.24. The molecule has 2 heterocycles. The Bertz CT molecular complexity index is 717. The number of aliphatic hydroxyl groups excluding tert-OH is 1. The van der Waals surface area contributed by atoms with Crippen molar-refractivity contribution in [2.24, 2.45) is 0 Å². The molecular formula is C13H14N4O4. The second kappa shape index (κ2) is 6.62. The monoisotopic (exact) mass is 290 g/mol. The third kappa shape index (κ3) is 4.11. The van der Waals surface area contributed by atoms with Crippen LogP contribution in [0.2, 0.25) is 0 Å². The van der Waals surface area contributed by atoms with E-state index in [2.05, 4.69) is 15.5 Å². The van der Waals surface area contributed by atoms with Crippen LogP contribution in [0.4, 0.5) is 0 Å². The van der Waals surface area contributed by atoms with E-state index in [-0.39, 0.29) is 24.3 Å². The molecule has 21 heavy (non-hydrogen) atoms. The molecule has 0 aliphatic heterocycles. The minimum absolute atomic E-state index is 0.0404. The van der Waals surface area contributed by atoms with Gasteiger partial charge in [0.15, 0.2) is 0 Å². The summed E-state index contributed by atoms with van der Waals surface area (Å²) >= 11 is 0. The summed E-state index contributed by atoms with van der Waals surface area (Å²) in [5.41, 5.74) is -0.598. The molecule has 0 bridgehead atoms. The average molecular weight is 290 g/mol. The highest BCUT2D eigenvalue weighted by atomic mass is 16.3. The maximum Gasteiger partial charge on any atom is 0.271 e. The van der Waals surface area contributed by atoms with Crippen molar-refractivity contribution in [2.75, 3.05) is 6.54 Å². The van der Waals surface area contributed by atoms with Gasteiger partial charge in [-0.05, 0) is 12.1 Å². The van der Waals surface area contributed by atoms with Crippen molar-refractivity contribution in [3.63, 3.8) is 0 Å². The van der Waals surface area contributed by atoms with Gasteiger partial charge in [0.1, 0.15) is 5.69 Å². The second-order valence-electron chi connectivity index (χ2n) is 4.36. The maximum absolute atomic E-state index is 11.7. The van der Waals surface area contributed by atoms with E-state index < -0.39 is 17.6 Å². The normalized spacial score (nSPS) is 11.9. The molecule has 110 valence electrons. The Hall–Kier alpha value is -2.74. The van der Waals surface area contributed by atoms with Gasteiger partial charge in [-0.15, -0.1) is 0 Å². The van der Waals surface area contributed by atoms with Crippen molar-refractivity contribution < 1.29 is 9.90 Å². The lowest BCUT2D eigenvalue weighted by atomic mass is 10.3. The summed E-state index contributed by atoms with van der Waals surface area (Å²) in [5.74, 6) is -0.522. The van der Waals surface area contributed by atoms with Crippen LogP contribution in [-0.4, -0.2) is 38.4 Å². The van der Waals surface area contributed by atoms with E-state index in [4.69, 9.17) is 0 Å². The lowest BCUT2D eigenvalue weighted by molar-refractivity contribution is 0.0897. The molecule has 0 radical (unpaired) electrons. The van der Waals surface area contributed by atoms with Gasteiger partial charge in [0.05, 0.1) is 12.6 Å². The van der Waals surface area contributed by atoms with Gasteiger partial charge in [0, 0.05) is 24.9 Å². The third-order valence-corrected chi connectivity index (χ3v) is 2.72. The molecule has 8 heteroatoms. The Morgan fingerprint density at radius 1 is 1.33 bits per heavy atom. The maximum atomic E-state index is 11.7. The molecule has 1 amide bonds. The Morgan fingerprint density at radius 2 is 2.14 bits per heavy atom. The molecule has 0 fully saturated rings. The zero-order valence-electron chi connectivity index (χ0n) is 11.0. The largest absolute Gasteiger partial charge is 0.389 e. The predicted octanol–water partition coefficient (Wildman–Crippen LogP) is -1.28. The number of nitrogens with one attached hydrogen (secondary N) is 2. The second-order valence-corrected chi connectivity index (χ2v) is 4.36. The average Bonchev–Trinajstić information content (AvgIpc) is 2.48. The highest BCUT2D eigenvalue weighted by molar-refractivity contribution is 5.91. The van der Waals surface area contributed by atoms with Crippen LogP contribution >= 0.6 is 0 Å². The lowest BCUT2D eigenvalue weighted by Gasteiger charge is -2.13. The summed E-state index contributed by atoms with van der Waals surface area (Å²) in [6.07, 6.45) is 0.633. The molecule has 0 aliphatic carbocycles. The van der Waals surface area contributed by atoms with Gasteiger partial charge in [0.2, 0.25) is 0 Å². The van der Waals surface area contributed by atoms with E-state index in [0.29, 0.717) is 0 Å². The van der Waals surface area contributed by atoms with Gasteiger partial charge in [0.25, 0.3) is 17.0 Å². The number of hydrogen-bond acceptors (Lipinski definition) is 5. The summed E-state index contributed by atoms with van der Waals surface area (Å²) in [6.45, 7) is 0.0278. The Kier molecular flexibility index (Phi) is 4.62. The van der Waals surface area contributed by atoms with Crippen LogP contribution in [0.5, 0.6) is 0 Å². The number of pyridine rings is 1. The molecule has 1 atom stereocenters. The summed E-state index contributed by atoms with van der Waals surface area (Å²) in [6, 6.07) is 7.13.